The molecule has 0 atom stereocenters. The van der Waals surface area contributed by atoms with E-state index in [1.807, 2.05) is 60.7 Å². The Morgan fingerprint density at radius 1 is 0.870 bits per heavy atom. The van der Waals surface area contributed by atoms with Crippen LogP contribution in [0.3, 0.4) is 0 Å². The quantitative estimate of drug-likeness (QED) is 0.708. The molecule has 0 heterocycles. The maximum atomic E-state index is 11.4. The molecule has 3 heteroatoms. The molecule has 3 rings (SSSR count). The molecule has 0 unspecified atom stereocenters. The minimum atomic E-state index is -0.128. The highest BCUT2D eigenvalue weighted by Gasteiger charge is 2.14. The molecule has 114 valence electrons. The van der Waals surface area contributed by atoms with E-state index in [-0.39, 0.29) is 11.3 Å². The van der Waals surface area contributed by atoms with Crippen LogP contribution in [0.2, 0.25) is 0 Å². The molecule has 0 aliphatic carbocycles. The fourth-order valence-corrected chi connectivity index (χ4v) is 2.43. The topological polar surface area (TPSA) is 46.5 Å². The maximum absolute atomic E-state index is 11.4. The molecular formula is C20H16O3. The largest absolute Gasteiger partial charge is 0.504 e. The zero-order valence-corrected chi connectivity index (χ0v) is 12.5. The highest BCUT2D eigenvalue weighted by atomic mass is 16.5. The van der Waals surface area contributed by atoms with Gasteiger partial charge in [0.25, 0.3) is 0 Å². The number of phenols is 1. The first-order chi connectivity index (χ1) is 11.3. The van der Waals surface area contributed by atoms with Crippen molar-refractivity contribution in [2.75, 3.05) is 0 Å². The monoisotopic (exact) mass is 304 g/mol. The molecule has 0 amide bonds. The van der Waals surface area contributed by atoms with Gasteiger partial charge >= 0.3 is 0 Å². The maximum Gasteiger partial charge on any atom is 0.169 e. The van der Waals surface area contributed by atoms with Crippen LogP contribution in [-0.4, -0.2) is 11.4 Å². The summed E-state index contributed by atoms with van der Waals surface area (Å²) in [6.07, 6.45) is 0.660. The van der Waals surface area contributed by atoms with Crippen LogP contribution < -0.4 is 4.74 Å². The fraction of sp³-hybridized carbons (Fsp3) is 0.0500. The molecule has 3 nitrogen and oxygen atoms in total. The van der Waals surface area contributed by atoms with E-state index in [1.165, 1.54) is 0 Å². The number of carbonyl (C=O) groups is 1. The predicted octanol–water partition coefficient (Wildman–Crippen LogP) is 4.45. The molecule has 1 N–H and O–H groups in total. The fourth-order valence-electron chi connectivity index (χ4n) is 2.43. The van der Waals surface area contributed by atoms with Gasteiger partial charge in [-0.25, -0.2) is 0 Å². The Balaban J connectivity index is 1.90. The second-order valence-corrected chi connectivity index (χ2v) is 5.13. The summed E-state index contributed by atoms with van der Waals surface area (Å²) >= 11 is 0. The van der Waals surface area contributed by atoms with Crippen molar-refractivity contribution in [1.82, 2.24) is 0 Å². The van der Waals surface area contributed by atoms with Crippen LogP contribution in [0.1, 0.15) is 15.9 Å². The molecule has 3 aromatic carbocycles. The van der Waals surface area contributed by atoms with Gasteiger partial charge in [-0.3, -0.25) is 4.79 Å². The van der Waals surface area contributed by atoms with E-state index in [2.05, 4.69) is 0 Å². The lowest BCUT2D eigenvalue weighted by Gasteiger charge is -2.12. The molecule has 0 bridgehead atoms. The van der Waals surface area contributed by atoms with E-state index in [0.717, 1.165) is 11.1 Å². The van der Waals surface area contributed by atoms with Crippen LogP contribution in [0.5, 0.6) is 11.5 Å². The summed E-state index contributed by atoms with van der Waals surface area (Å²) in [5.41, 5.74) is 2.79. The minimum absolute atomic E-state index is 0.128. The van der Waals surface area contributed by atoms with Gasteiger partial charge in [-0.2, -0.15) is 0 Å². The summed E-state index contributed by atoms with van der Waals surface area (Å²) in [6.45, 7) is 0.331. The van der Waals surface area contributed by atoms with Crippen molar-refractivity contribution in [1.29, 1.82) is 0 Å². The van der Waals surface area contributed by atoms with Crippen LogP contribution in [0.15, 0.2) is 72.8 Å². The standard InChI is InChI=1S/C20H16O3/c21-13-18-17(16-9-5-2-6-10-16)11-12-19(20(18)22)23-14-15-7-3-1-4-8-15/h1-13,22H,14H2. The Bertz CT molecular complexity index is 796. The van der Waals surface area contributed by atoms with E-state index in [0.29, 0.717) is 24.2 Å². The number of hydrogen-bond donors (Lipinski definition) is 1. The van der Waals surface area contributed by atoms with Gasteiger partial charge in [0.05, 0.1) is 5.56 Å². The van der Waals surface area contributed by atoms with Crippen LogP contribution in [-0.2, 0) is 6.61 Å². The van der Waals surface area contributed by atoms with Crippen molar-refractivity contribution in [3.8, 4) is 22.6 Å². The first-order valence-corrected chi connectivity index (χ1v) is 7.33. The first kappa shape index (κ1) is 14.9. The number of aldehydes is 1. The zero-order valence-electron chi connectivity index (χ0n) is 12.5. The van der Waals surface area contributed by atoms with E-state index < -0.39 is 0 Å². The number of hydrogen-bond acceptors (Lipinski definition) is 3. The van der Waals surface area contributed by atoms with Gasteiger partial charge in [-0.15, -0.1) is 0 Å². The second-order valence-electron chi connectivity index (χ2n) is 5.13. The van der Waals surface area contributed by atoms with Crippen molar-refractivity contribution < 1.29 is 14.6 Å². The number of rotatable bonds is 5. The highest BCUT2D eigenvalue weighted by Crippen LogP contribution is 2.36. The molecule has 3 aromatic rings. The van der Waals surface area contributed by atoms with Crippen molar-refractivity contribution >= 4 is 6.29 Å². The van der Waals surface area contributed by atoms with E-state index in [9.17, 15) is 9.90 Å². The van der Waals surface area contributed by atoms with E-state index in [1.54, 1.807) is 12.1 Å². The Morgan fingerprint density at radius 2 is 1.52 bits per heavy atom. The minimum Gasteiger partial charge on any atom is -0.504 e. The molecule has 0 spiro atoms. The van der Waals surface area contributed by atoms with Gasteiger partial charge in [-0.1, -0.05) is 60.7 Å². The van der Waals surface area contributed by atoms with Crippen LogP contribution in [0.4, 0.5) is 0 Å². The average molecular weight is 304 g/mol. The lowest BCUT2D eigenvalue weighted by Crippen LogP contribution is -1.98. The summed E-state index contributed by atoms with van der Waals surface area (Å²) in [5.74, 6) is 0.174. The number of carbonyl (C=O) groups excluding carboxylic acids is 1. The van der Waals surface area contributed by atoms with Gasteiger partial charge in [0.1, 0.15) is 6.61 Å². The zero-order chi connectivity index (χ0) is 16.1. The van der Waals surface area contributed by atoms with Crippen LogP contribution >= 0.6 is 0 Å². The van der Waals surface area contributed by atoms with Crippen LogP contribution in [0, 0.1) is 0 Å². The number of ether oxygens (including phenoxy) is 1. The third-order valence-corrected chi connectivity index (χ3v) is 3.62. The highest BCUT2D eigenvalue weighted by molar-refractivity contribution is 5.92. The summed E-state index contributed by atoms with van der Waals surface area (Å²) in [5, 5.41) is 10.4. The molecule has 0 aromatic heterocycles. The number of aromatic hydroxyl groups is 1. The third-order valence-electron chi connectivity index (χ3n) is 3.62. The van der Waals surface area contributed by atoms with Gasteiger partial charge in [-0.05, 0) is 28.8 Å². The lowest BCUT2D eigenvalue weighted by molar-refractivity contribution is 0.112. The molecular weight excluding hydrogens is 288 g/mol. The van der Waals surface area contributed by atoms with E-state index >= 15 is 0 Å². The molecule has 0 saturated carbocycles. The summed E-state index contributed by atoms with van der Waals surface area (Å²) in [7, 11) is 0. The molecule has 23 heavy (non-hydrogen) atoms. The van der Waals surface area contributed by atoms with Crippen molar-refractivity contribution in [3.63, 3.8) is 0 Å². The normalized spacial score (nSPS) is 10.3. The summed E-state index contributed by atoms with van der Waals surface area (Å²) < 4.78 is 5.65. The first-order valence-electron chi connectivity index (χ1n) is 7.33. The molecule has 0 saturated heterocycles. The van der Waals surface area contributed by atoms with Gasteiger partial charge in [0, 0.05) is 0 Å². The number of benzene rings is 3. The van der Waals surface area contributed by atoms with Gasteiger partial charge in [0.15, 0.2) is 17.8 Å². The average Bonchev–Trinajstić information content (AvgIpc) is 2.62. The third kappa shape index (κ3) is 3.24. The van der Waals surface area contributed by atoms with Crippen LogP contribution in [0.25, 0.3) is 11.1 Å². The van der Waals surface area contributed by atoms with Crippen molar-refractivity contribution in [2.24, 2.45) is 0 Å². The molecule has 0 aliphatic rings. The Labute approximate surface area is 134 Å². The molecule has 0 radical (unpaired) electrons. The SMILES string of the molecule is O=Cc1c(-c2ccccc2)ccc(OCc2ccccc2)c1O. The molecule has 0 fully saturated rings. The van der Waals surface area contributed by atoms with E-state index in [4.69, 9.17) is 4.74 Å². The smallest absolute Gasteiger partial charge is 0.169 e. The van der Waals surface area contributed by atoms with Gasteiger partial charge in [0.2, 0.25) is 0 Å². The summed E-state index contributed by atoms with van der Waals surface area (Å²) in [4.78, 5) is 11.4. The number of phenolic OH excluding ortho intramolecular Hbond substituents is 1. The predicted molar refractivity (Wildman–Crippen MR) is 89.7 cm³/mol. The Kier molecular flexibility index (Phi) is 4.39. The molecule has 0 aliphatic heterocycles. The Hall–Kier alpha value is -3.07. The Morgan fingerprint density at radius 3 is 2.17 bits per heavy atom. The van der Waals surface area contributed by atoms with Crippen molar-refractivity contribution in [2.45, 2.75) is 6.61 Å². The lowest BCUT2D eigenvalue weighted by atomic mass is 9.99. The van der Waals surface area contributed by atoms with Crippen molar-refractivity contribution in [3.05, 3.63) is 83.9 Å². The van der Waals surface area contributed by atoms with Gasteiger partial charge < -0.3 is 9.84 Å². The second kappa shape index (κ2) is 6.79. The summed E-state index contributed by atoms with van der Waals surface area (Å²) in [6, 6.07) is 22.6.